The van der Waals surface area contributed by atoms with Crippen molar-refractivity contribution in [3.05, 3.63) is 59.7 Å². The number of hydrogen-bond donors (Lipinski definition) is 1. The van der Waals surface area contributed by atoms with E-state index < -0.39 is 0 Å². The topological polar surface area (TPSA) is 102 Å². The molecule has 1 saturated heterocycles. The van der Waals surface area contributed by atoms with E-state index >= 15 is 0 Å². The fourth-order valence-electron chi connectivity index (χ4n) is 5.84. The Bertz CT molecular complexity index is 1480. The van der Waals surface area contributed by atoms with Crippen molar-refractivity contribution in [2.45, 2.75) is 51.6 Å². The number of nitrogens with one attached hydrogen (secondary N) is 1. The molecule has 0 radical (unpaired) electrons. The van der Waals surface area contributed by atoms with Crippen LogP contribution in [0.25, 0.3) is 0 Å². The summed E-state index contributed by atoms with van der Waals surface area (Å²) in [6.45, 7) is 14.6. The van der Waals surface area contributed by atoms with Crippen LogP contribution in [0.3, 0.4) is 0 Å². The van der Waals surface area contributed by atoms with Gasteiger partial charge in [-0.3, -0.25) is 14.6 Å². The molecule has 2 aromatic rings. The van der Waals surface area contributed by atoms with Gasteiger partial charge in [0.15, 0.2) is 23.0 Å². The van der Waals surface area contributed by atoms with Gasteiger partial charge < -0.3 is 34.1 Å². The lowest BCUT2D eigenvalue weighted by atomic mass is 10.1. The Labute approximate surface area is 259 Å². The summed E-state index contributed by atoms with van der Waals surface area (Å²) < 4.78 is 23.3. The van der Waals surface area contributed by atoms with E-state index in [0.29, 0.717) is 72.7 Å². The molecule has 3 heterocycles. The monoisotopic (exact) mass is 602 g/mol. The number of anilines is 1. The molecule has 0 saturated carbocycles. The van der Waals surface area contributed by atoms with Crippen molar-refractivity contribution >= 4 is 29.4 Å². The fraction of sp³-hybridized carbons (Fsp3) is 0.441. The second-order valence-corrected chi connectivity index (χ2v) is 11.7. The summed E-state index contributed by atoms with van der Waals surface area (Å²) >= 11 is 0. The van der Waals surface area contributed by atoms with Crippen molar-refractivity contribution in [1.29, 1.82) is 0 Å². The van der Waals surface area contributed by atoms with Crippen LogP contribution in [0.4, 0.5) is 11.4 Å². The first-order valence-electron chi connectivity index (χ1n) is 15.1. The number of benzene rings is 2. The minimum Gasteiger partial charge on any atom is -0.493 e. The molecule has 1 N–H and O–H groups in total. The number of carbonyl (C=O) groups is 2. The summed E-state index contributed by atoms with van der Waals surface area (Å²) in [5, 5.41) is 3.44. The van der Waals surface area contributed by atoms with E-state index in [0.717, 1.165) is 42.5 Å². The predicted octanol–water partition coefficient (Wildman–Crippen LogP) is 5.65. The molecule has 0 spiro atoms. The zero-order valence-corrected chi connectivity index (χ0v) is 26.1. The van der Waals surface area contributed by atoms with Gasteiger partial charge in [0, 0.05) is 44.0 Å². The number of rotatable bonds is 12. The van der Waals surface area contributed by atoms with E-state index in [1.54, 1.807) is 37.3 Å². The van der Waals surface area contributed by atoms with Gasteiger partial charge in [-0.25, -0.2) is 0 Å². The van der Waals surface area contributed by atoms with E-state index in [1.807, 2.05) is 24.1 Å². The Hall–Kier alpha value is -4.47. The summed E-state index contributed by atoms with van der Waals surface area (Å²) in [6.07, 6.45) is 5.04. The SMILES string of the molecule is C=C(C)CN1CC(C)Nc2cc(OCCCCCOc3cc4c(cc3OC)C(=O)N3CC(=C)CC3C=N4)c(OC)cc2C1=O. The smallest absolute Gasteiger partial charge is 0.257 e. The summed E-state index contributed by atoms with van der Waals surface area (Å²) in [5.74, 6) is 2.06. The quantitative estimate of drug-likeness (QED) is 0.247. The van der Waals surface area contributed by atoms with E-state index in [9.17, 15) is 9.59 Å². The molecule has 3 aliphatic heterocycles. The average Bonchev–Trinajstić information content (AvgIpc) is 3.27. The molecule has 0 aromatic heterocycles. The van der Waals surface area contributed by atoms with Crippen molar-refractivity contribution < 1.29 is 28.5 Å². The van der Waals surface area contributed by atoms with Crippen LogP contribution < -0.4 is 24.3 Å². The van der Waals surface area contributed by atoms with Crippen LogP contribution in [0.1, 0.15) is 60.2 Å². The van der Waals surface area contributed by atoms with Crippen LogP contribution in [0.15, 0.2) is 53.6 Å². The lowest BCUT2D eigenvalue weighted by Gasteiger charge is -2.23. The number of carbonyl (C=O) groups excluding carboxylic acids is 2. The molecule has 3 aliphatic rings. The molecule has 2 amide bonds. The maximum absolute atomic E-state index is 13.3. The Morgan fingerprint density at radius 2 is 1.61 bits per heavy atom. The van der Waals surface area contributed by atoms with Crippen LogP contribution in [0, 0.1) is 0 Å². The molecule has 0 aliphatic carbocycles. The molecule has 2 aromatic carbocycles. The minimum absolute atomic E-state index is 0.0548. The van der Waals surface area contributed by atoms with Gasteiger partial charge in [0.1, 0.15) is 0 Å². The number of methoxy groups -OCH3 is 2. The first kappa shape index (κ1) is 31.0. The highest BCUT2D eigenvalue weighted by molar-refractivity contribution is 6.04. The molecule has 234 valence electrons. The fourth-order valence-corrected chi connectivity index (χ4v) is 5.84. The molecule has 2 unspecified atom stereocenters. The number of amides is 2. The van der Waals surface area contributed by atoms with Crippen molar-refractivity contribution in [2.24, 2.45) is 4.99 Å². The first-order chi connectivity index (χ1) is 21.2. The number of aliphatic imine (C=N–C) groups is 1. The molecule has 10 nitrogen and oxygen atoms in total. The largest absolute Gasteiger partial charge is 0.493 e. The van der Waals surface area contributed by atoms with Crippen LogP contribution in [-0.2, 0) is 0 Å². The van der Waals surface area contributed by atoms with Gasteiger partial charge in [-0.15, -0.1) is 0 Å². The van der Waals surface area contributed by atoms with Crippen LogP contribution in [-0.4, -0.2) is 87.0 Å². The molecule has 1 fully saturated rings. The number of nitrogens with zero attached hydrogens (tertiary/aromatic N) is 3. The maximum atomic E-state index is 13.3. The summed E-state index contributed by atoms with van der Waals surface area (Å²) in [6, 6.07) is 7.12. The number of unbranched alkanes of at least 4 members (excludes halogenated alkanes) is 2. The Morgan fingerprint density at radius 3 is 2.27 bits per heavy atom. The highest BCUT2D eigenvalue weighted by Gasteiger charge is 2.34. The average molecular weight is 603 g/mol. The normalized spacial score (nSPS) is 19.0. The van der Waals surface area contributed by atoms with Gasteiger partial charge in [0.2, 0.25) is 0 Å². The molecule has 10 heteroatoms. The van der Waals surface area contributed by atoms with Gasteiger partial charge in [0.25, 0.3) is 11.8 Å². The summed E-state index contributed by atoms with van der Waals surface area (Å²) in [7, 11) is 3.14. The second-order valence-electron chi connectivity index (χ2n) is 11.7. The Balaban J connectivity index is 1.14. The molecular formula is C34H42N4O6. The highest BCUT2D eigenvalue weighted by atomic mass is 16.5. The molecule has 2 atom stereocenters. The maximum Gasteiger partial charge on any atom is 0.257 e. The first-order valence-corrected chi connectivity index (χ1v) is 15.1. The van der Waals surface area contributed by atoms with E-state index in [2.05, 4.69) is 30.4 Å². The highest BCUT2D eigenvalue weighted by Crippen LogP contribution is 2.39. The third kappa shape index (κ3) is 6.69. The van der Waals surface area contributed by atoms with Crippen LogP contribution in [0.2, 0.25) is 0 Å². The minimum atomic E-state index is -0.0706. The van der Waals surface area contributed by atoms with Gasteiger partial charge in [-0.1, -0.05) is 24.3 Å². The lowest BCUT2D eigenvalue weighted by molar-refractivity contribution is 0.0767. The number of fused-ring (bicyclic) bond motifs is 3. The zero-order chi connectivity index (χ0) is 31.4. The molecule has 44 heavy (non-hydrogen) atoms. The van der Waals surface area contributed by atoms with Crippen LogP contribution in [0.5, 0.6) is 23.0 Å². The third-order valence-corrected chi connectivity index (χ3v) is 7.93. The van der Waals surface area contributed by atoms with E-state index in [4.69, 9.17) is 18.9 Å². The van der Waals surface area contributed by atoms with E-state index in [-0.39, 0.29) is 23.9 Å². The van der Waals surface area contributed by atoms with Crippen molar-refractivity contribution in [2.75, 3.05) is 52.4 Å². The number of hydrogen-bond acceptors (Lipinski definition) is 8. The van der Waals surface area contributed by atoms with Crippen LogP contribution >= 0.6 is 0 Å². The second kappa shape index (κ2) is 13.4. The Kier molecular flexibility index (Phi) is 9.46. The van der Waals surface area contributed by atoms with Gasteiger partial charge in [-0.05, 0) is 51.7 Å². The molecule has 5 rings (SSSR count). The summed E-state index contributed by atoms with van der Waals surface area (Å²) in [5.41, 5.74) is 4.35. The molecule has 0 bridgehead atoms. The van der Waals surface area contributed by atoms with Gasteiger partial charge >= 0.3 is 0 Å². The van der Waals surface area contributed by atoms with Gasteiger partial charge in [-0.2, -0.15) is 0 Å². The standard InChI is InChI=1S/C34H42N4O6/c1-21(2)18-37-20-23(4)36-28-16-32(30(42-6)14-26(28)33(37)39)44-11-9-7-8-10-43-31-15-27-25(13-29(31)41-5)34(40)38-19-22(3)12-24(38)17-35-27/h13-17,23-24,36H,1,3,7-12,18-20H2,2,4-6H3. The lowest BCUT2D eigenvalue weighted by Crippen LogP contribution is -2.37. The summed E-state index contributed by atoms with van der Waals surface area (Å²) in [4.78, 5) is 34.6. The molecular weight excluding hydrogens is 560 g/mol. The van der Waals surface area contributed by atoms with Crippen molar-refractivity contribution in [3.63, 3.8) is 0 Å². The van der Waals surface area contributed by atoms with Crippen molar-refractivity contribution in [1.82, 2.24) is 9.80 Å². The van der Waals surface area contributed by atoms with Gasteiger partial charge in [0.05, 0.1) is 56.0 Å². The number of ether oxygens (including phenoxy) is 4. The third-order valence-electron chi connectivity index (χ3n) is 7.93. The zero-order valence-electron chi connectivity index (χ0n) is 26.1. The van der Waals surface area contributed by atoms with Crippen molar-refractivity contribution in [3.8, 4) is 23.0 Å². The predicted molar refractivity (Wildman–Crippen MR) is 171 cm³/mol. The Morgan fingerprint density at radius 1 is 0.955 bits per heavy atom. The van der Waals surface area contributed by atoms with E-state index in [1.165, 1.54) is 0 Å².